The predicted octanol–water partition coefficient (Wildman–Crippen LogP) is 3.53. The van der Waals surface area contributed by atoms with E-state index in [1.54, 1.807) is 0 Å². The maximum Gasteiger partial charge on any atom is 0.0575 e. The Balaban J connectivity index is 2.04. The van der Waals surface area contributed by atoms with Crippen LogP contribution in [0.1, 0.15) is 58.3 Å². The van der Waals surface area contributed by atoms with Gasteiger partial charge in [0.1, 0.15) is 0 Å². The molecule has 1 unspecified atom stereocenters. The van der Waals surface area contributed by atoms with E-state index in [1.165, 1.54) is 51.4 Å². The standard InChI is InChI=1S/C11H22O/c1-2-3-5-8-11-9-6-4-7-10-12-11/h11H,2-10H2,1H3. The molecule has 0 spiro atoms. The molecule has 0 aromatic heterocycles. The van der Waals surface area contributed by atoms with Crippen molar-refractivity contribution < 1.29 is 4.74 Å². The Labute approximate surface area is 76.5 Å². The van der Waals surface area contributed by atoms with Gasteiger partial charge >= 0.3 is 0 Å². The number of ether oxygens (including phenoxy) is 1. The molecule has 72 valence electrons. The van der Waals surface area contributed by atoms with E-state index in [9.17, 15) is 0 Å². The molecule has 0 saturated carbocycles. The van der Waals surface area contributed by atoms with Gasteiger partial charge in [0, 0.05) is 6.61 Å². The van der Waals surface area contributed by atoms with Gasteiger partial charge in [0.15, 0.2) is 0 Å². The minimum absolute atomic E-state index is 0.596. The molecular formula is C11H22O. The molecule has 0 N–H and O–H groups in total. The molecule has 1 saturated heterocycles. The largest absolute Gasteiger partial charge is 0.378 e. The molecule has 0 aromatic rings. The van der Waals surface area contributed by atoms with Gasteiger partial charge in [-0.3, -0.25) is 0 Å². The van der Waals surface area contributed by atoms with Gasteiger partial charge in [-0.1, -0.05) is 39.0 Å². The molecule has 1 atom stereocenters. The van der Waals surface area contributed by atoms with E-state index in [-0.39, 0.29) is 0 Å². The fourth-order valence-corrected chi connectivity index (χ4v) is 1.83. The van der Waals surface area contributed by atoms with Crippen LogP contribution >= 0.6 is 0 Å². The molecule has 1 rings (SSSR count). The van der Waals surface area contributed by atoms with Gasteiger partial charge in [0.05, 0.1) is 6.10 Å². The van der Waals surface area contributed by atoms with Crippen LogP contribution in [0.3, 0.4) is 0 Å². The van der Waals surface area contributed by atoms with Gasteiger partial charge in [0.2, 0.25) is 0 Å². The van der Waals surface area contributed by atoms with Gasteiger partial charge in [-0.2, -0.15) is 0 Å². The molecule has 12 heavy (non-hydrogen) atoms. The van der Waals surface area contributed by atoms with Crippen LogP contribution in [0.2, 0.25) is 0 Å². The Morgan fingerprint density at radius 3 is 2.92 bits per heavy atom. The van der Waals surface area contributed by atoms with Crippen molar-refractivity contribution in [3.05, 3.63) is 0 Å². The first-order valence-electron chi connectivity index (χ1n) is 5.55. The molecule has 1 fully saturated rings. The number of hydrogen-bond acceptors (Lipinski definition) is 1. The molecule has 0 aromatic carbocycles. The zero-order chi connectivity index (χ0) is 8.65. The van der Waals surface area contributed by atoms with Crippen LogP contribution in [-0.2, 0) is 4.74 Å². The monoisotopic (exact) mass is 170 g/mol. The van der Waals surface area contributed by atoms with Crippen LogP contribution in [0.15, 0.2) is 0 Å². The summed E-state index contributed by atoms with van der Waals surface area (Å²) in [6.07, 6.45) is 11.3. The summed E-state index contributed by atoms with van der Waals surface area (Å²) in [5.74, 6) is 0. The zero-order valence-electron chi connectivity index (χ0n) is 8.35. The van der Waals surface area contributed by atoms with E-state index in [2.05, 4.69) is 6.92 Å². The minimum atomic E-state index is 0.596. The fraction of sp³-hybridized carbons (Fsp3) is 1.00. The molecule has 1 aliphatic heterocycles. The van der Waals surface area contributed by atoms with Crippen molar-refractivity contribution in [2.24, 2.45) is 0 Å². The first-order chi connectivity index (χ1) is 5.93. The van der Waals surface area contributed by atoms with E-state index >= 15 is 0 Å². The number of rotatable bonds is 4. The van der Waals surface area contributed by atoms with Crippen molar-refractivity contribution in [1.29, 1.82) is 0 Å². The maximum absolute atomic E-state index is 5.75. The average molecular weight is 170 g/mol. The molecule has 0 aliphatic carbocycles. The Morgan fingerprint density at radius 1 is 1.17 bits per heavy atom. The Morgan fingerprint density at radius 2 is 2.08 bits per heavy atom. The molecular weight excluding hydrogens is 148 g/mol. The number of hydrogen-bond donors (Lipinski definition) is 0. The third-order valence-corrected chi connectivity index (χ3v) is 2.65. The van der Waals surface area contributed by atoms with E-state index in [4.69, 9.17) is 4.74 Å². The minimum Gasteiger partial charge on any atom is -0.378 e. The van der Waals surface area contributed by atoms with E-state index in [1.807, 2.05) is 0 Å². The molecule has 1 heterocycles. The van der Waals surface area contributed by atoms with Gasteiger partial charge in [0.25, 0.3) is 0 Å². The van der Waals surface area contributed by atoms with Gasteiger partial charge in [-0.15, -0.1) is 0 Å². The summed E-state index contributed by atoms with van der Waals surface area (Å²) in [7, 11) is 0. The first kappa shape index (κ1) is 10.0. The lowest BCUT2D eigenvalue weighted by Crippen LogP contribution is -2.10. The average Bonchev–Trinajstić information content (AvgIpc) is 2.33. The summed E-state index contributed by atoms with van der Waals surface area (Å²) in [6.45, 7) is 3.27. The van der Waals surface area contributed by atoms with Crippen molar-refractivity contribution in [3.8, 4) is 0 Å². The third-order valence-electron chi connectivity index (χ3n) is 2.65. The zero-order valence-corrected chi connectivity index (χ0v) is 8.35. The fourth-order valence-electron chi connectivity index (χ4n) is 1.83. The summed E-state index contributed by atoms with van der Waals surface area (Å²) in [5.41, 5.74) is 0. The van der Waals surface area contributed by atoms with Crippen molar-refractivity contribution in [3.63, 3.8) is 0 Å². The molecule has 0 amide bonds. The summed E-state index contributed by atoms with van der Waals surface area (Å²) in [5, 5.41) is 0. The maximum atomic E-state index is 5.75. The van der Waals surface area contributed by atoms with Gasteiger partial charge in [-0.05, 0) is 19.3 Å². The quantitative estimate of drug-likeness (QED) is 0.586. The van der Waals surface area contributed by atoms with Crippen LogP contribution in [0.25, 0.3) is 0 Å². The summed E-state index contributed by atoms with van der Waals surface area (Å²) in [6, 6.07) is 0. The lowest BCUT2D eigenvalue weighted by molar-refractivity contribution is 0.0511. The van der Waals surface area contributed by atoms with Crippen LogP contribution in [0.5, 0.6) is 0 Å². The highest BCUT2D eigenvalue weighted by Gasteiger charge is 2.11. The van der Waals surface area contributed by atoms with Gasteiger partial charge in [-0.25, -0.2) is 0 Å². The second kappa shape index (κ2) is 6.47. The molecule has 1 aliphatic rings. The third kappa shape index (κ3) is 4.10. The summed E-state index contributed by atoms with van der Waals surface area (Å²) < 4.78 is 5.75. The van der Waals surface area contributed by atoms with Crippen molar-refractivity contribution in [2.75, 3.05) is 6.61 Å². The van der Waals surface area contributed by atoms with Crippen molar-refractivity contribution in [2.45, 2.75) is 64.4 Å². The Hall–Kier alpha value is -0.0400. The molecule has 0 bridgehead atoms. The first-order valence-corrected chi connectivity index (χ1v) is 5.55. The smallest absolute Gasteiger partial charge is 0.0575 e. The Kier molecular flexibility index (Phi) is 5.42. The molecule has 1 heteroatoms. The van der Waals surface area contributed by atoms with E-state index in [0.717, 1.165) is 6.61 Å². The topological polar surface area (TPSA) is 9.23 Å². The second-order valence-corrected chi connectivity index (χ2v) is 3.84. The van der Waals surface area contributed by atoms with Crippen LogP contribution in [0, 0.1) is 0 Å². The van der Waals surface area contributed by atoms with E-state index in [0.29, 0.717) is 6.10 Å². The van der Waals surface area contributed by atoms with Crippen molar-refractivity contribution in [1.82, 2.24) is 0 Å². The second-order valence-electron chi connectivity index (χ2n) is 3.84. The van der Waals surface area contributed by atoms with Crippen LogP contribution < -0.4 is 0 Å². The summed E-state index contributed by atoms with van der Waals surface area (Å²) >= 11 is 0. The summed E-state index contributed by atoms with van der Waals surface area (Å²) in [4.78, 5) is 0. The van der Waals surface area contributed by atoms with Gasteiger partial charge < -0.3 is 4.74 Å². The predicted molar refractivity (Wildman–Crippen MR) is 52.4 cm³/mol. The molecule has 1 nitrogen and oxygen atoms in total. The normalized spacial score (nSPS) is 25.2. The van der Waals surface area contributed by atoms with Crippen LogP contribution in [0.4, 0.5) is 0 Å². The van der Waals surface area contributed by atoms with E-state index < -0.39 is 0 Å². The molecule has 0 radical (unpaired) electrons. The van der Waals surface area contributed by atoms with Crippen LogP contribution in [-0.4, -0.2) is 12.7 Å². The highest BCUT2D eigenvalue weighted by molar-refractivity contribution is 4.62. The highest BCUT2D eigenvalue weighted by Crippen LogP contribution is 2.17. The Bertz CT molecular complexity index is 93.2. The highest BCUT2D eigenvalue weighted by atomic mass is 16.5. The number of unbranched alkanes of at least 4 members (excludes halogenated alkanes) is 2. The lowest BCUT2D eigenvalue weighted by atomic mass is 10.1. The van der Waals surface area contributed by atoms with Crippen molar-refractivity contribution >= 4 is 0 Å². The lowest BCUT2D eigenvalue weighted by Gasteiger charge is -2.13. The SMILES string of the molecule is CCCCCC1CCCCCO1.